The summed E-state index contributed by atoms with van der Waals surface area (Å²) in [7, 11) is 1.68. The first-order valence-electron chi connectivity index (χ1n) is 7.28. The number of carbonyl (C=O) groups is 1. The van der Waals surface area contributed by atoms with Crippen molar-refractivity contribution >= 4 is 5.91 Å². The van der Waals surface area contributed by atoms with Crippen molar-refractivity contribution in [3.05, 3.63) is 53.3 Å². The molecule has 0 bridgehead atoms. The third-order valence-corrected chi connectivity index (χ3v) is 4.14. The van der Waals surface area contributed by atoms with Gasteiger partial charge in [-0.15, -0.1) is 0 Å². The third kappa shape index (κ3) is 2.66. The van der Waals surface area contributed by atoms with Crippen LogP contribution in [0.5, 0.6) is 5.75 Å². The first kappa shape index (κ1) is 13.7. The summed E-state index contributed by atoms with van der Waals surface area (Å²) in [6.07, 6.45) is 2.67. The van der Waals surface area contributed by atoms with Crippen LogP contribution in [0, 0.1) is 0 Å². The Morgan fingerprint density at radius 1 is 1.38 bits per heavy atom. The molecule has 0 saturated heterocycles. The summed E-state index contributed by atoms with van der Waals surface area (Å²) < 4.78 is 5.32. The summed E-state index contributed by atoms with van der Waals surface area (Å²) in [5.41, 5.74) is 3.26. The van der Waals surface area contributed by atoms with Gasteiger partial charge in [0.2, 0.25) is 0 Å². The lowest BCUT2D eigenvalue weighted by Crippen LogP contribution is -2.34. The van der Waals surface area contributed by atoms with Gasteiger partial charge in [-0.3, -0.25) is 4.79 Å². The van der Waals surface area contributed by atoms with Gasteiger partial charge in [0, 0.05) is 19.3 Å². The Morgan fingerprint density at radius 2 is 2.24 bits per heavy atom. The molecule has 4 heteroatoms. The molecule has 1 aromatic heterocycles. The molecule has 0 spiro atoms. The van der Waals surface area contributed by atoms with E-state index in [1.54, 1.807) is 13.3 Å². The first-order chi connectivity index (χ1) is 10.2. The van der Waals surface area contributed by atoms with E-state index in [9.17, 15) is 4.79 Å². The molecule has 3 rings (SSSR count). The highest BCUT2D eigenvalue weighted by atomic mass is 16.5. The molecule has 21 heavy (non-hydrogen) atoms. The zero-order chi connectivity index (χ0) is 14.8. The number of rotatable bonds is 2. The fourth-order valence-corrected chi connectivity index (χ4v) is 2.98. The molecule has 0 aliphatic carbocycles. The van der Waals surface area contributed by atoms with Gasteiger partial charge in [-0.25, -0.2) is 0 Å². The zero-order valence-corrected chi connectivity index (χ0v) is 12.4. The van der Waals surface area contributed by atoms with Crippen LogP contribution < -0.4 is 4.74 Å². The SMILES string of the molecule is COc1ccc2c(c1)C(C)CN(C(=O)c1ccc[nH]1)CC2. The van der Waals surface area contributed by atoms with E-state index < -0.39 is 0 Å². The van der Waals surface area contributed by atoms with Crippen molar-refractivity contribution in [1.29, 1.82) is 0 Å². The van der Waals surface area contributed by atoms with Crippen LogP contribution in [0.2, 0.25) is 0 Å². The largest absolute Gasteiger partial charge is 0.497 e. The normalized spacial score (nSPS) is 18.0. The molecule has 0 saturated carbocycles. The number of methoxy groups -OCH3 is 1. The summed E-state index contributed by atoms with van der Waals surface area (Å²) >= 11 is 0. The molecule has 1 aromatic carbocycles. The molecule has 2 aromatic rings. The van der Waals surface area contributed by atoms with Crippen LogP contribution in [0.1, 0.15) is 34.5 Å². The fraction of sp³-hybridized carbons (Fsp3) is 0.353. The molecule has 1 amide bonds. The van der Waals surface area contributed by atoms with Crippen molar-refractivity contribution in [2.45, 2.75) is 19.3 Å². The van der Waals surface area contributed by atoms with E-state index in [1.165, 1.54) is 11.1 Å². The maximum atomic E-state index is 12.5. The van der Waals surface area contributed by atoms with E-state index in [2.05, 4.69) is 24.0 Å². The van der Waals surface area contributed by atoms with Gasteiger partial charge >= 0.3 is 0 Å². The Bertz CT molecular complexity index is 634. The van der Waals surface area contributed by atoms with Gasteiger partial charge in [-0.2, -0.15) is 0 Å². The minimum absolute atomic E-state index is 0.0756. The average Bonchev–Trinajstić information content (AvgIpc) is 2.99. The Balaban J connectivity index is 1.84. The lowest BCUT2D eigenvalue weighted by molar-refractivity contribution is 0.0749. The van der Waals surface area contributed by atoms with Gasteiger partial charge in [0.1, 0.15) is 11.4 Å². The summed E-state index contributed by atoms with van der Waals surface area (Å²) in [6.45, 7) is 3.65. The second-order valence-electron chi connectivity index (χ2n) is 5.55. The third-order valence-electron chi connectivity index (χ3n) is 4.14. The van der Waals surface area contributed by atoms with Crippen LogP contribution >= 0.6 is 0 Å². The minimum Gasteiger partial charge on any atom is -0.497 e. The number of fused-ring (bicyclic) bond motifs is 1. The van der Waals surface area contributed by atoms with Crippen LogP contribution in [0.15, 0.2) is 36.5 Å². The minimum atomic E-state index is 0.0756. The molecule has 0 fully saturated rings. The highest BCUT2D eigenvalue weighted by Gasteiger charge is 2.24. The van der Waals surface area contributed by atoms with E-state index in [0.29, 0.717) is 11.6 Å². The summed E-state index contributed by atoms with van der Waals surface area (Å²) in [5.74, 6) is 1.26. The van der Waals surface area contributed by atoms with Crippen LogP contribution in [-0.4, -0.2) is 36.0 Å². The van der Waals surface area contributed by atoms with Gasteiger partial charge in [0.15, 0.2) is 0 Å². The number of hydrogen-bond donors (Lipinski definition) is 1. The molecule has 0 radical (unpaired) electrons. The Labute approximate surface area is 124 Å². The van der Waals surface area contributed by atoms with E-state index in [0.717, 1.165) is 25.3 Å². The van der Waals surface area contributed by atoms with Gasteiger partial charge in [0.05, 0.1) is 7.11 Å². The van der Waals surface area contributed by atoms with Crippen molar-refractivity contribution in [2.75, 3.05) is 20.2 Å². The quantitative estimate of drug-likeness (QED) is 0.921. The molecule has 1 atom stereocenters. The van der Waals surface area contributed by atoms with Crippen molar-refractivity contribution in [1.82, 2.24) is 9.88 Å². The molecule has 1 aliphatic heterocycles. The Morgan fingerprint density at radius 3 is 2.95 bits per heavy atom. The average molecular weight is 284 g/mol. The molecule has 1 aliphatic rings. The van der Waals surface area contributed by atoms with E-state index >= 15 is 0 Å². The number of H-pyrrole nitrogens is 1. The van der Waals surface area contributed by atoms with Gasteiger partial charge < -0.3 is 14.6 Å². The highest BCUT2D eigenvalue weighted by molar-refractivity contribution is 5.92. The van der Waals surface area contributed by atoms with Crippen LogP contribution in [-0.2, 0) is 6.42 Å². The molecule has 110 valence electrons. The standard InChI is InChI=1S/C17H20N2O2/c1-12-11-19(17(20)16-4-3-8-18-16)9-7-13-5-6-14(21-2)10-15(12)13/h3-6,8,10,12,18H,7,9,11H2,1-2H3. The lowest BCUT2D eigenvalue weighted by Gasteiger charge is -2.22. The van der Waals surface area contributed by atoms with Gasteiger partial charge in [0.25, 0.3) is 5.91 Å². The molecule has 1 unspecified atom stereocenters. The van der Waals surface area contributed by atoms with Crippen molar-refractivity contribution in [2.24, 2.45) is 0 Å². The number of carbonyl (C=O) groups excluding carboxylic acids is 1. The van der Waals surface area contributed by atoms with E-state index in [1.807, 2.05) is 23.1 Å². The topological polar surface area (TPSA) is 45.3 Å². The maximum absolute atomic E-state index is 12.5. The number of nitrogens with zero attached hydrogens (tertiary/aromatic N) is 1. The van der Waals surface area contributed by atoms with Gasteiger partial charge in [-0.05, 0) is 47.7 Å². The lowest BCUT2D eigenvalue weighted by atomic mass is 9.95. The second-order valence-corrected chi connectivity index (χ2v) is 5.55. The number of amides is 1. The van der Waals surface area contributed by atoms with Crippen LogP contribution in [0.4, 0.5) is 0 Å². The fourth-order valence-electron chi connectivity index (χ4n) is 2.98. The second kappa shape index (κ2) is 5.64. The van der Waals surface area contributed by atoms with E-state index in [4.69, 9.17) is 4.74 Å². The number of benzene rings is 1. The van der Waals surface area contributed by atoms with E-state index in [-0.39, 0.29) is 5.91 Å². The number of hydrogen-bond acceptors (Lipinski definition) is 2. The number of nitrogens with one attached hydrogen (secondary N) is 1. The summed E-state index contributed by atoms with van der Waals surface area (Å²) in [5, 5.41) is 0. The van der Waals surface area contributed by atoms with Crippen LogP contribution in [0.25, 0.3) is 0 Å². The smallest absolute Gasteiger partial charge is 0.270 e. The van der Waals surface area contributed by atoms with Gasteiger partial charge in [-0.1, -0.05) is 13.0 Å². The van der Waals surface area contributed by atoms with Crippen molar-refractivity contribution < 1.29 is 9.53 Å². The molecule has 4 nitrogen and oxygen atoms in total. The summed E-state index contributed by atoms with van der Waals surface area (Å²) in [4.78, 5) is 17.4. The predicted octanol–water partition coefficient (Wildman–Crippen LogP) is 2.83. The van der Waals surface area contributed by atoms with Crippen LogP contribution in [0.3, 0.4) is 0 Å². The zero-order valence-electron chi connectivity index (χ0n) is 12.4. The number of ether oxygens (including phenoxy) is 1. The number of aromatic nitrogens is 1. The molecular weight excluding hydrogens is 264 g/mol. The highest BCUT2D eigenvalue weighted by Crippen LogP contribution is 2.29. The van der Waals surface area contributed by atoms with Crippen molar-refractivity contribution in [3.8, 4) is 5.75 Å². The first-order valence-corrected chi connectivity index (χ1v) is 7.28. The van der Waals surface area contributed by atoms with Crippen molar-refractivity contribution in [3.63, 3.8) is 0 Å². The monoisotopic (exact) mass is 284 g/mol. The molecule has 2 heterocycles. The Kier molecular flexibility index (Phi) is 3.69. The molecular formula is C17H20N2O2. The number of aromatic amines is 1. The molecule has 1 N–H and O–H groups in total. The summed E-state index contributed by atoms with van der Waals surface area (Å²) in [6, 6.07) is 9.89. The Hall–Kier alpha value is -2.23. The predicted molar refractivity (Wildman–Crippen MR) is 81.8 cm³/mol. The maximum Gasteiger partial charge on any atom is 0.270 e.